The first-order valence-electron chi connectivity index (χ1n) is 4.59. The molecule has 1 aromatic carbocycles. The molecule has 14 heavy (non-hydrogen) atoms. The van der Waals surface area contributed by atoms with Crippen LogP contribution in [0.1, 0.15) is 23.6 Å². The quantitative estimate of drug-likeness (QED) is 0.663. The predicted molar refractivity (Wildman–Crippen MR) is 56.2 cm³/mol. The maximum atomic E-state index is 9.57. The number of rotatable bonds is 2. The summed E-state index contributed by atoms with van der Waals surface area (Å²) in [6.45, 7) is 5.29. The molecular formula is C11H17NO2. The number of hydrogen-bond donors (Lipinski definition) is 3. The Balaban J connectivity index is 3.26. The Morgan fingerprint density at radius 2 is 1.71 bits per heavy atom. The van der Waals surface area contributed by atoms with Crippen molar-refractivity contribution >= 4 is 0 Å². The van der Waals surface area contributed by atoms with Crippen LogP contribution in [0, 0.1) is 13.8 Å². The van der Waals surface area contributed by atoms with Crippen LogP contribution in [-0.2, 0) is 5.54 Å². The lowest BCUT2D eigenvalue weighted by Gasteiger charge is -2.23. The Morgan fingerprint density at radius 3 is 2.07 bits per heavy atom. The minimum absolute atomic E-state index is 0.114. The van der Waals surface area contributed by atoms with Crippen LogP contribution in [0.25, 0.3) is 0 Å². The van der Waals surface area contributed by atoms with Gasteiger partial charge < -0.3 is 15.9 Å². The van der Waals surface area contributed by atoms with Gasteiger partial charge in [0.25, 0.3) is 0 Å². The molecule has 3 heteroatoms. The topological polar surface area (TPSA) is 66.5 Å². The normalized spacial score (nSPS) is 15.2. The van der Waals surface area contributed by atoms with Crippen molar-refractivity contribution in [3.8, 4) is 5.75 Å². The van der Waals surface area contributed by atoms with Gasteiger partial charge in [-0.25, -0.2) is 0 Å². The van der Waals surface area contributed by atoms with E-state index in [1.807, 2.05) is 13.8 Å². The maximum absolute atomic E-state index is 9.57. The lowest BCUT2D eigenvalue weighted by molar-refractivity contribution is 0.210. The monoisotopic (exact) mass is 195 g/mol. The van der Waals surface area contributed by atoms with E-state index in [1.54, 1.807) is 19.1 Å². The molecule has 1 atom stereocenters. The molecule has 0 unspecified atom stereocenters. The van der Waals surface area contributed by atoms with E-state index in [1.165, 1.54) is 0 Å². The summed E-state index contributed by atoms with van der Waals surface area (Å²) in [6, 6.07) is 3.61. The molecule has 3 nitrogen and oxygen atoms in total. The van der Waals surface area contributed by atoms with Crippen LogP contribution in [0.2, 0.25) is 0 Å². The van der Waals surface area contributed by atoms with Crippen LogP contribution < -0.4 is 5.73 Å². The fraction of sp³-hybridized carbons (Fsp3) is 0.455. The van der Waals surface area contributed by atoms with Crippen molar-refractivity contribution < 1.29 is 10.2 Å². The highest BCUT2D eigenvalue weighted by atomic mass is 16.3. The summed E-state index contributed by atoms with van der Waals surface area (Å²) in [4.78, 5) is 0. The van der Waals surface area contributed by atoms with E-state index in [0.717, 1.165) is 16.7 Å². The lowest BCUT2D eigenvalue weighted by Crippen LogP contribution is -2.37. The number of nitrogens with two attached hydrogens (primary N) is 1. The number of aromatic hydroxyl groups is 1. The Bertz CT molecular complexity index is 322. The largest absolute Gasteiger partial charge is 0.507 e. The number of phenolic OH excluding ortho intramolecular Hbond substituents is 1. The molecule has 0 spiro atoms. The zero-order valence-corrected chi connectivity index (χ0v) is 8.83. The first kappa shape index (κ1) is 11.0. The Hall–Kier alpha value is -1.06. The third kappa shape index (κ3) is 1.89. The first-order valence-corrected chi connectivity index (χ1v) is 4.59. The van der Waals surface area contributed by atoms with Crippen LogP contribution in [0.5, 0.6) is 5.75 Å². The number of aliphatic hydroxyl groups is 1. The predicted octanol–water partition coefficient (Wildman–Crippen LogP) is 1.18. The van der Waals surface area contributed by atoms with E-state index in [-0.39, 0.29) is 6.61 Å². The third-order valence-electron chi connectivity index (χ3n) is 2.48. The average molecular weight is 195 g/mol. The highest BCUT2D eigenvalue weighted by Crippen LogP contribution is 2.27. The van der Waals surface area contributed by atoms with Crippen LogP contribution in [0.15, 0.2) is 12.1 Å². The molecule has 0 radical (unpaired) electrons. The van der Waals surface area contributed by atoms with Crippen molar-refractivity contribution in [1.29, 1.82) is 0 Å². The van der Waals surface area contributed by atoms with E-state index >= 15 is 0 Å². The molecule has 0 amide bonds. The molecule has 0 saturated carbocycles. The molecule has 1 aromatic rings. The summed E-state index contributed by atoms with van der Waals surface area (Å²) in [5, 5.41) is 18.7. The Labute approximate surface area is 84.2 Å². The van der Waals surface area contributed by atoms with Gasteiger partial charge in [-0.05, 0) is 37.5 Å². The standard InChI is InChI=1S/C11H17NO2/c1-7-4-9(11(3,12)6-13)5-8(2)10(7)14/h4-5,13-14H,6,12H2,1-3H3/t11-/m0/s1. The summed E-state index contributed by atoms with van der Waals surface area (Å²) in [5.74, 6) is 0.294. The molecule has 0 aliphatic carbocycles. The number of hydrogen-bond acceptors (Lipinski definition) is 3. The molecule has 0 aliphatic rings. The molecule has 0 bridgehead atoms. The number of aryl methyl sites for hydroxylation is 2. The van der Waals surface area contributed by atoms with Gasteiger partial charge in [0, 0.05) is 0 Å². The molecule has 1 rings (SSSR count). The van der Waals surface area contributed by atoms with Crippen LogP contribution in [-0.4, -0.2) is 16.8 Å². The van der Waals surface area contributed by atoms with Crippen LogP contribution >= 0.6 is 0 Å². The molecule has 0 aromatic heterocycles. The summed E-state index contributed by atoms with van der Waals surface area (Å²) < 4.78 is 0. The van der Waals surface area contributed by atoms with Crippen molar-refractivity contribution in [1.82, 2.24) is 0 Å². The smallest absolute Gasteiger partial charge is 0.121 e. The third-order valence-corrected chi connectivity index (χ3v) is 2.48. The minimum atomic E-state index is -0.747. The summed E-state index contributed by atoms with van der Waals surface area (Å²) in [6.07, 6.45) is 0. The molecule has 78 valence electrons. The zero-order chi connectivity index (χ0) is 10.9. The van der Waals surface area contributed by atoms with Crippen molar-refractivity contribution in [2.75, 3.05) is 6.61 Å². The van der Waals surface area contributed by atoms with Crippen LogP contribution in [0.3, 0.4) is 0 Å². The summed E-state index contributed by atoms with van der Waals surface area (Å²) >= 11 is 0. The second-order valence-corrected chi connectivity index (χ2v) is 4.03. The molecule has 0 aliphatic heterocycles. The number of benzene rings is 1. The summed E-state index contributed by atoms with van der Waals surface area (Å²) in [7, 11) is 0. The lowest BCUT2D eigenvalue weighted by atomic mass is 9.91. The van der Waals surface area contributed by atoms with Gasteiger partial charge >= 0.3 is 0 Å². The first-order chi connectivity index (χ1) is 6.38. The second kappa shape index (κ2) is 3.59. The molecule has 0 heterocycles. The minimum Gasteiger partial charge on any atom is -0.507 e. The van der Waals surface area contributed by atoms with Gasteiger partial charge in [-0.1, -0.05) is 12.1 Å². The van der Waals surface area contributed by atoms with Crippen molar-refractivity contribution in [3.05, 3.63) is 28.8 Å². The molecular weight excluding hydrogens is 178 g/mol. The van der Waals surface area contributed by atoms with E-state index in [9.17, 15) is 5.11 Å². The van der Waals surface area contributed by atoms with E-state index in [4.69, 9.17) is 10.8 Å². The summed E-state index contributed by atoms with van der Waals surface area (Å²) in [5.41, 5.74) is 7.55. The van der Waals surface area contributed by atoms with Gasteiger partial charge in [-0.15, -0.1) is 0 Å². The zero-order valence-electron chi connectivity index (χ0n) is 8.83. The van der Waals surface area contributed by atoms with E-state index in [0.29, 0.717) is 5.75 Å². The van der Waals surface area contributed by atoms with Crippen molar-refractivity contribution in [2.45, 2.75) is 26.3 Å². The molecule has 0 saturated heterocycles. The Kier molecular flexibility index (Phi) is 2.83. The fourth-order valence-electron chi connectivity index (χ4n) is 1.38. The highest BCUT2D eigenvalue weighted by molar-refractivity contribution is 5.44. The van der Waals surface area contributed by atoms with Gasteiger partial charge in [0.05, 0.1) is 12.1 Å². The van der Waals surface area contributed by atoms with Gasteiger partial charge in [0.2, 0.25) is 0 Å². The van der Waals surface area contributed by atoms with Gasteiger partial charge in [-0.3, -0.25) is 0 Å². The van der Waals surface area contributed by atoms with Gasteiger partial charge in [0.15, 0.2) is 0 Å². The van der Waals surface area contributed by atoms with E-state index in [2.05, 4.69) is 0 Å². The van der Waals surface area contributed by atoms with Crippen LogP contribution in [0.4, 0.5) is 0 Å². The molecule has 0 fully saturated rings. The highest BCUT2D eigenvalue weighted by Gasteiger charge is 2.21. The van der Waals surface area contributed by atoms with E-state index < -0.39 is 5.54 Å². The average Bonchev–Trinajstić information content (AvgIpc) is 2.13. The molecule has 4 N–H and O–H groups in total. The second-order valence-electron chi connectivity index (χ2n) is 4.03. The Morgan fingerprint density at radius 1 is 1.29 bits per heavy atom. The number of aliphatic hydroxyl groups excluding tert-OH is 1. The fourth-order valence-corrected chi connectivity index (χ4v) is 1.38. The van der Waals surface area contributed by atoms with Gasteiger partial charge in [0.1, 0.15) is 5.75 Å². The van der Waals surface area contributed by atoms with Crippen molar-refractivity contribution in [2.24, 2.45) is 5.73 Å². The van der Waals surface area contributed by atoms with Crippen molar-refractivity contribution in [3.63, 3.8) is 0 Å². The number of phenols is 1. The SMILES string of the molecule is Cc1cc([C@@](C)(N)CO)cc(C)c1O. The van der Waals surface area contributed by atoms with Gasteiger partial charge in [-0.2, -0.15) is 0 Å². The maximum Gasteiger partial charge on any atom is 0.121 e.